The monoisotopic (exact) mass is 319 g/mol. The van der Waals surface area contributed by atoms with Crippen LogP contribution in [0, 0.1) is 10.1 Å². The molecule has 0 aromatic heterocycles. The Bertz CT molecular complexity index is 656. The van der Waals surface area contributed by atoms with Gasteiger partial charge < -0.3 is 0 Å². The molecule has 1 N–H and O–H groups in total. The molecule has 0 radical (unpaired) electrons. The van der Waals surface area contributed by atoms with Crippen LogP contribution >= 0.6 is 11.6 Å². The number of nitro benzene ring substituents is 1. The number of hydrogen-bond donors (Lipinski definition) is 1. The molecule has 11 heteroatoms. The second-order valence-corrected chi connectivity index (χ2v) is 5.72. The first-order valence-corrected chi connectivity index (χ1v) is 7.19. The van der Waals surface area contributed by atoms with Gasteiger partial charge >= 0.3 is 0 Å². The lowest BCUT2D eigenvalue weighted by Gasteiger charge is -2.07. The first kappa shape index (κ1) is 16.2. The summed E-state index contributed by atoms with van der Waals surface area (Å²) in [5.74, 6) is 0. The molecule has 0 aliphatic heterocycles. The summed E-state index contributed by atoms with van der Waals surface area (Å²) in [5.41, 5.74) is 7.69. The van der Waals surface area contributed by atoms with E-state index in [-0.39, 0.29) is 28.7 Å². The summed E-state index contributed by atoms with van der Waals surface area (Å²) in [6, 6.07) is 3.15. The highest BCUT2D eigenvalue weighted by Gasteiger charge is 2.20. The Morgan fingerprint density at radius 2 is 2.20 bits per heavy atom. The third-order valence-electron chi connectivity index (χ3n) is 2.21. The van der Waals surface area contributed by atoms with Crippen LogP contribution in [0.3, 0.4) is 0 Å². The van der Waals surface area contributed by atoms with E-state index in [1.165, 1.54) is 0 Å². The van der Waals surface area contributed by atoms with E-state index in [1.807, 2.05) is 0 Å². The highest BCUT2D eigenvalue weighted by atomic mass is 35.5. The van der Waals surface area contributed by atoms with Crippen LogP contribution < -0.4 is 4.72 Å². The highest BCUT2D eigenvalue weighted by Crippen LogP contribution is 2.25. The molecule has 0 aliphatic carbocycles. The quantitative estimate of drug-likeness (QED) is 0.205. The third-order valence-corrected chi connectivity index (χ3v) is 4.15. The molecule has 1 aromatic rings. The molecule has 108 valence electrons. The fourth-order valence-electron chi connectivity index (χ4n) is 1.29. The lowest BCUT2D eigenvalue weighted by molar-refractivity contribution is -0.385. The lowest BCUT2D eigenvalue weighted by Crippen LogP contribution is -2.25. The van der Waals surface area contributed by atoms with Gasteiger partial charge in [0.25, 0.3) is 5.69 Å². The van der Waals surface area contributed by atoms with Crippen molar-refractivity contribution in [2.45, 2.75) is 11.3 Å². The molecule has 1 rings (SSSR count). The van der Waals surface area contributed by atoms with Crippen molar-refractivity contribution >= 4 is 27.3 Å². The van der Waals surface area contributed by atoms with Crippen molar-refractivity contribution in [2.75, 3.05) is 13.1 Å². The van der Waals surface area contributed by atoms with Crippen LogP contribution in [0.5, 0.6) is 0 Å². The molecule has 9 nitrogen and oxygen atoms in total. The fraction of sp³-hybridized carbons (Fsp3) is 0.333. The molecule has 20 heavy (non-hydrogen) atoms. The van der Waals surface area contributed by atoms with E-state index in [9.17, 15) is 18.5 Å². The maximum atomic E-state index is 11.9. The van der Waals surface area contributed by atoms with Crippen LogP contribution in [-0.4, -0.2) is 26.4 Å². The summed E-state index contributed by atoms with van der Waals surface area (Å²) in [6.07, 6.45) is 0.301. The number of non-ortho nitro benzene ring substituents is 1. The Kier molecular flexibility index (Phi) is 5.71. The Morgan fingerprint density at radius 1 is 1.50 bits per heavy atom. The summed E-state index contributed by atoms with van der Waals surface area (Å²) in [7, 11) is -3.96. The summed E-state index contributed by atoms with van der Waals surface area (Å²) < 4.78 is 26.1. The number of benzene rings is 1. The van der Waals surface area contributed by atoms with Gasteiger partial charge in [0, 0.05) is 30.1 Å². The molecule has 0 bridgehead atoms. The number of azide groups is 1. The minimum atomic E-state index is -3.96. The van der Waals surface area contributed by atoms with Gasteiger partial charge in [0.1, 0.15) is 4.90 Å². The predicted molar refractivity (Wildman–Crippen MR) is 71.9 cm³/mol. The number of nitrogens with one attached hydrogen (secondary N) is 1. The molecule has 0 unspecified atom stereocenters. The van der Waals surface area contributed by atoms with Gasteiger partial charge in [-0.1, -0.05) is 16.7 Å². The highest BCUT2D eigenvalue weighted by molar-refractivity contribution is 7.89. The van der Waals surface area contributed by atoms with E-state index < -0.39 is 14.9 Å². The normalized spacial score (nSPS) is 10.8. The topological polar surface area (TPSA) is 138 Å². The SMILES string of the molecule is [N-]=[N+]=NCCCNS(=O)(=O)c1cc([N+](=O)[O-])ccc1Cl. The van der Waals surface area contributed by atoms with E-state index in [2.05, 4.69) is 14.7 Å². The number of sulfonamides is 1. The second kappa shape index (κ2) is 7.06. The van der Waals surface area contributed by atoms with Gasteiger partial charge in [0.2, 0.25) is 10.0 Å². The summed E-state index contributed by atoms with van der Waals surface area (Å²) in [6.45, 7) is 0.169. The molecule has 0 fully saturated rings. The summed E-state index contributed by atoms with van der Waals surface area (Å²) in [4.78, 5) is 12.1. The zero-order valence-corrected chi connectivity index (χ0v) is 11.6. The van der Waals surface area contributed by atoms with Gasteiger partial charge in [-0.2, -0.15) is 0 Å². The number of nitro groups is 1. The van der Waals surface area contributed by atoms with Crippen LogP contribution in [0.25, 0.3) is 10.4 Å². The van der Waals surface area contributed by atoms with E-state index in [4.69, 9.17) is 17.1 Å². The van der Waals surface area contributed by atoms with Gasteiger partial charge in [0.15, 0.2) is 0 Å². The van der Waals surface area contributed by atoms with Crippen molar-refractivity contribution in [3.05, 3.63) is 43.8 Å². The molecule has 0 atom stereocenters. The molecular formula is C9H10ClN5O4S. The number of hydrogen-bond acceptors (Lipinski definition) is 5. The van der Waals surface area contributed by atoms with Crippen molar-refractivity contribution in [1.29, 1.82) is 0 Å². The minimum Gasteiger partial charge on any atom is -0.258 e. The fourth-order valence-corrected chi connectivity index (χ4v) is 2.88. The first-order chi connectivity index (χ1) is 9.38. The minimum absolute atomic E-state index is 0.0281. The molecule has 0 heterocycles. The van der Waals surface area contributed by atoms with Crippen LogP contribution in [0.15, 0.2) is 28.2 Å². The first-order valence-electron chi connectivity index (χ1n) is 5.33. The zero-order chi connectivity index (χ0) is 15.2. The molecule has 0 spiro atoms. The average Bonchev–Trinajstić information content (AvgIpc) is 2.38. The van der Waals surface area contributed by atoms with Gasteiger partial charge in [-0.05, 0) is 18.0 Å². The van der Waals surface area contributed by atoms with Crippen LogP contribution in [0.2, 0.25) is 5.02 Å². The lowest BCUT2D eigenvalue weighted by atomic mass is 10.3. The molecule has 0 saturated carbocycles. The van der Waals surface area contributed by atoms with Gasteiger partial charge in [-0.25, -0.2) is 13.1 Å². The maximum Gasteiger partial charge on any atom is 0.270 e. The Hall–Kier alpha value is -1.87. The van der Waals surface area contributed by atoms with E-state index in [1.54, 1.807) is 0 Å². The predicted octanol–water partition coefficient (Wildman–Crippen LogP) is 2.23. The van der Waals surface area contributed by atoms with Crippen LogP contribution in [0.4, 0.5) is 5.69 Å². The average molecular weight is 320 g/mol. The van der Waals surface area contributed by atoms with E-state index >= 15 is 0 Å². The van der Waals surface area contributed by atoms with Crippen molar-refractivity contribution in [2.24, 2.45) is 5.11 Å². The number of rotatable bonds is 7. The van der Waals surface area contributed by atoms with Crippen molar-refractivity contribution in [3.8, 4) is 0 Å². The van der Waals surface area contributed by atoms with Crippen molar-refractivity contribution < 1.29 is 13.3 Å². The zero-order valence-electron chi connectivity index (χ0n) is 10.1. The summed E-state index contributed by atoms with van der Waals surface area (Å²) >= 11 is 5.74. The van der Waals surface area contributed by atoms with Gasteiger partial charge in [0.05, 0.1) is 9.95 Å². The third kappa shape index (κ3) is 4.35. The van der Waals surface area contributed by atoms with Gasteiger partial charge in [-0.15, -0.1) is 0 Å². The molecule has 0 saturated heterocycles. The maximum absolute atomic E-state index is 11.9. The number of nitrogens with zero attached hydrogens (tertiary/aromatic N) is 4. The molecule has 0 aliphatic rings. The second-order valence-electron chi connectivity index (χ2n) is 3.58. The van der Waals surface area contributed by atoms with Crippen molar-refractivity contribution in [1.82, 2.24) is 4.72 Å². The van der Waals surface area contributed by atoms with Gasteiger partial charge in [-0.3, -0.25) is 10.1 Å². The molecule has 1 aromatic carbocycles. The van der Waals surface area contributed by atoms with E-state index in [0.29, 0.717) is 6.42 Å². The molecule has 0 amide bonds. The molecular weight excluding hydrogens is 310 g/mol. The van der Waals surface area contributed by atoms with E-state index in [0.717, 1.165) is 18.2 Å². The largest absolute Gasteiger partial charge is 0.270 e. The Balaban J connectivity index is 2.89. The van der Waals surface area contributed by atoms with Crippen molar-refractivity contribution in [3.63, 3.8) is 0 Å². The number of halogens is 1. The Morgan fingerprint density at radius 3 is 2.80 bits per heavy atom. The smallest absolute Gasteiger partial charge is 0.258 e. The van der Waals surface area contributed by atoms with Crippen LogP contribution in [0.1, 0.15) is 6.42 Å². The summed E-state index contributed by atoms with van der Waals surface area (Å²) in [5, 5.41) is 13.8. The standard InChI is InChI=1S/C9H10ClN5O4S/c10-8-3-2-7(15(16)17)6-9(8)20(18,19)13-5-1-4-12-14-11/h2-3,6,13H,1,4-5H2. The van der Waals surface area contributed by atoms with Crippen LogP contribution in [-0.2, 0) is 10.0 Å². The Labute approximate surface area is 119 Å².